The van der Waals surface area contributed by atoms with Crippen molar-refractivity contribution in [1.29, 1.82) is 0 Å². The summed E-state index contributed by atoms with van der Waals surface area (Å²) in [4.78, 5) is 0. The molecule has 0 amide bonds. The van der Waals surface area contributed by atoms with E-state index in [1.165, 1.54) is 0 Å². The summed E-state index contributed by atoms with van der Waals surface area (Å²) in [6, 6.07) is 11.3. The number of rotatable bonds is 3. The van der Waals surface area contributed by atoms with E-state index in [1.807, 2.05) is 24.3 Å². The van der Waals surface area contributed by atoms with Gasteiger partial charge in [-0.2, -0.15) is 0 Å². The Morgan fingerprint density at radius 2 is 1.15 bits per heavy atom. The fourth-order valence-corrected chi connectivity index (χ4v) is 2.38. The molecule has 0 radical (unpaired) electrons. The van der Waals surface area contributed by atoms with Gasteiger partial charge in [-0.05, 0) is 58.4 Å². The van der Waals surface area contributed by atoms with Gasteiger partial charge in [0, 0.05) is 0 Å². The van der Waals surface area contributed by atoms with E-state index in [0.717, 1.165) is 22.3 Å². The van der Waals surface area contributed by atoms with Gasteiger partial charge in [0.05, 0.1) is 0 Å². The van der Waals surface area contributed by atoms with E-state index >= 15 is 0 Å². The van der Waals surface area contributed by atoms with Crippen molar-refractivity contribution in [3.8, 4) is 22.6 Å². The highest BCUT2D eigenvalue weighted by Crippen LogP contribution is 2.37. The molecular weight excluding hydrogens is 248 g/mol. The molecule has 0 fully saturated rings. The fraction of sp³-hybridized carbons (Fsp3) is 0.333. The van der Waals surface area contributed by atoms with Crippen LogP contribution in [0.2, 0.25) is 0 Å². The average molecular weight is 270 g/mol. The summed E-state index contributed by atoms with van der Waals surface area (Å²) in [7, 11) is 0. The van der Waals surface area contributed by atoms with E-state index < -0.39 is 0 Å². The molecule has 0 aliphatic rings. The van der Waals surface area contributed by atoms with Crippen molar-refractivity contribution < 1.29 is 10.2 Å². The van der Waals surface area contributed by atoms with Crippen LogP contribution in [0.1, 0.15) is 50.7 Å². The Kier molecular flexibility index (Phi) is 4.03. The number of phenols is 2. The van der Waals surface area contributed by atoms with Crippen molar-refractivity contribution in [2.45, 2.75) is 39.5 Å². The van der Waals surface area contributed by atoms with Crippen LogP contribution in [0, 0.1) is 0 Å². The molecule has 2 aromatic carbocycles. The summed E-state index contributed by atoms with van der Waals surface area (Å²) in [6.45, 7) is 8.33. The lowest BCUT2D eigenvalue weighted by Gasteiger charge is -2.17. The van der Waals surface area contributed by atoms with Crippen LogP contribution in [-0.2, 0) is 0 Å². The normalized spacial score (nSPS) is 11.3. The Morgan fingerprint density at radius 1 is 0.700 bits per heavy atom. The van der Waals surface area contributed by atoms with Crippen LogP contribution in [0.3, 0.4) is 0 Å². The third kappa shape index (κ3) is 2.79. The van der Waals surface area contributed by atoms with Crippen molar-refractivity contribution in [2.75, 3.05) is 0 Å². The molecule has 0 aromatic heterocycles. The smallest absolute Gasteiger partial charge is 0.122 e. The molecule has 2 rings (SSSR count). The minimum Gasteiger partial charge on any atom is -0.508 e. The monoisotopic (exact) mass is 270 g/mol. The predicted molar refractivity (Wildman–Crippen MR) is 83.4 cm³/mol. The zero-order valence-corrected chi connectivity index (χ0v) is 12.5. The van der Waals surface area contributed by atoms with E-state index in [2.05, 4.69) is 27.7 Å². The van der Waals surface area contributed by atoms with Crippen molar-refractivity contribution in [2.24, 2.45) is 0 Å². The highest BCUT2D eigenvalue weighted by atomic mass is 16.3. The molecule has 0 saturated heterocycles. The lowest BCUT2D eigenvalue weighted by atomic mass is 9.89. The summed E-state index contributed by atoms with van der Waals surface area (Å²) in [5, 5.41) is 19.8. The minimum absolute atomic E-state index is 0.265. The van der Waals surface area contributed by atoms with Crippen LogP contribution in [0.25, 0.3) is 11.1 Å². The van der Waals surface area contributed by atoms with Gasteiger partial charge in [0.25, 0.3) is 0 Å². The quantitative estimate of drug-likeness (QED) is 0.822. The Hall–Kier alpha value is -1.96. The second kappa shape index (κ2) is 5.58. The van der Waals surface area contributed by atoms with Gasteiger partial charge in [-0.15, -0.1) is 0 Å². The van der Waals surface area contributed by atoms with Gasteiger partial charge in [0.15, 0.2) is 0 Å². The van der Waals surface area contributed by atoms with E-state index in [4.69, 9.17) is 0 Å². The van der Waals surface area contributed by atoms with Gasteiger partial charge in [-0.3, -0.25) is 0 Å². The van der Waals surface area contributed by atoms with E-state index in [1.54, 1.807) is 12.1 Å². The molecule has 0 heterocycles. The fourth-order valence-electron chi connectivity index (χ4n) is 2.38. The van der Waals surface area contributed by atoms with Crippen molar-refractivity contribution in [3.63, 3.8) is 0 Å². The number of hydrogen-bond donors (Lipinski definition) is 2. The summed E-state index contributed by atoms with van der Waals surface area (Å²) in [5.74, 6) is 1.22. The lowest BCUT2D eigenvalue weighted by molar-refractivity contribution is 0.454. The molecule has 0 atom stereocenters. The van der Waals surface area contributed by atoms with Crippen LogP contribution in [0.15, 0.2) is 36.4 Å². The highest BCUT2D eigenvalue weighted by Gasteiger charge is 2.15. The molecule has 2 nitrogen and oxygen atoms in total. The van der Waals surface area contributed by atoms with Gasteiger partial charge in [0.2, 0.25) is 0 Å². The Labute approximate surface area is 120 Å². The van der Waals surface area contributed by atoms with Gasteiger partial charge in [-0.25, -0.2) is 0 Å². The standard InChI is InChI=1S/C18H22O2/c1-11(2)16-9-14(10-17(12(3)4)18(16)20)13-5-7-15(19)8-6-13/h5-12,19-20H,1-4H3. The molecule has 20 heavy (non-hydrogen) atoms. The first-order valence-electron chi connectivity index (χ1n) is 7.06. The van der Waals surface area contributed by atoms with Crippen LogP contribution in [-0.4, -0.2) is 10.2 Å². The van der Waals surface area contributed by atoms with Gasteiger partial charge in [-0.1, -0.05) is 39.8 Å². The van der Waals surface area contributed by atoms with Crippen LogP contribution in [0.4, 0.5) is 0 Å². The molecule has 0 aliphatic carbocycles. The number of phenolic OH excluding ortho intramolecular Hbond substituents is 2. The summed E-state index contributed by atoms with van der Waals surface area (Å²) < 4.78 is 0. The molecule has 0 bridgehead atoms. The molecular formula is C18H22O2. The van der Waals surface area contributed by atoms with Crippen LogP contribution < -0.4 is 0 Å². The summed E-state index contributed by atoms with van der Waals surface area (Å²) in [6.07, 6.45) is 0. The van der Waals surface area contributed by atoms with Gasteiger partial charge >= 0.3 is 0 Å². The molecule has 0 saturated carbocycles. The largest absolute Gasteiger partial charge is 0.508 e. The first-order valence-corrected chi connectivity index (χ1v) is 7.06. The Morgan fingerprint density at radius 3 is 1.55 bits per heavy atom. The van der Waals surface area contributed by atoms with Gasteiger partial charge < -0.3 is 10.2 Å². The third-order valence-corrected chi connectivity index (χ3v) is 3.61. The second-order valence-electron chi connectivity index (χ2n) is 5.86. The number of hydrogen-bond acceptors (Lipinski definition) is 2. The Balaban J connectivity index is 2.61. The topological polar surface area (TPSA) is 40.5 Å². The maximum absolute atomic E-state index is 10.4. The summed E-state index contributed by atoms with van der Waals surface area (Å²) in [5.41, 5.74) is 4.07. The lowest BCUT2D eigenvalue weighted by Crippen LogP contribution is -1.97. The predicted octanol–water partition coefficient (Wildman–Crippen LogP) is 5.01. The Bertz CT molecular complexity index is 566. The van der Waals surface area contributed by atoms with Gasteiger partial charge in [0.1, 0.15) is 11.5 Å². The average Bonchev–Trinajstić information content (AvgIpc) is 2.39. The number of aromatic hydroxyl groups is 2. The van der Waals surface area contributed by atoms with E-state index in [-0.39, 0.29) is 17.6 Å². The third-order valence-electron chi connectivity index (χ3n) is 3.61. The maximum Gasteiger partial charge on any atom is 0.122 e. The van der Waals surface area contributed by atoms with E-state index in [0.29, 0.717) is 5.75 Å². The SMILES string of the molecule is CC(C)c1cc(-c2ccc(O)cc2)cc(C(C)C)c1O. The summed E-state index contributed by atoms with van der Waals surface area (Å²) >= 11 is 0. The van der Waals surface area contributed by atoms with E-state index in [9.17, 15) is 10.2 Å². The zero-order chi connectivity index (χ0) is 14.9. The molecule has 0 aliphatic heterocycles. The van der Waals surface area contributed by atoms with Crippen LogP contribution in [0.5, 0.6) is 11.5 Å². The first-order chi connectivity index (χ1) is 9.40. The number of benzene rings is 2. The van der Waals surface area contributed by atoms with Crippen molar-refractivity contribution in [1.82, 2.24) is 0 Å². The van der Waals surface area contributed by atoms with Crippen molar-refractivity contribution in [3.05, 3.63) is 47.5 Å². The first kappa shape index (κ1) is 14.4. The van der Waals surface area contributed by atoms with Crippen molar-refractivity contribution >= 4 is 0 Å². The molecule has 0 unspecified atom stereocenters. The second-order valence-corrected chi connectivity index (χ2v) is 5.86. The zero-order valence-electron chi connectivity index (χ0n) is 12.5. The molecule has 2 N–H and O–H groups in total. The van der Waals surface area contributed by atoms with Crippen LogP contribution >= 0.6 is 0 Å². The maximum atomic E-state index is 10.4. The molecule has 106 valence electrons. The molecule has 0 spiro atoms. The molecule has 2 heteroatoms. The molecule has 2 aromatic rings. The highest BCUT2D eigenvalue weighted by molar-refractivity contribution is 5.68. The minimum atomic E-state index is 0.265.